The lowest BCUT2D eigenvalue weighted by Gasteiger charge is -1.94. The van der Waals surface area contributed by atoms with Gasteiger partial charge in [0, 0.05) is 0 Å². The first-order valence-electron chi connectivity index (χ1n) is 3.25. The number of hydrogen-bond acceptors (Lipinski definition) is 2. The van der Waals surface area contributed by atoms with Crippen LogP contribution in [0.1, 0.15) is 0 Å². The molecule has 0 aliphatic rings. The Morgan fingerprint density at radius 1 is 1.42 bits per heavy atom. The van der Waals surface area contributed by atoms with E-state index in [1.54, 1.807) is 12.1 Å². The number of fused-ring (bicyclic) bond motifs is 1. The second-order valence-electron chi connectivity index (χ2n) is 2.36. The Hall–Kier alpha value is -0.800. The molecule has 0 saturated heterocycles. The van der Waals surface area contributed by atoms with Gasteiger partial charge in [0.05, 0.1) is 9.04 Å². The number of benzene rings is 1. The van der Waals surface area contributed by atoms with Crippen LogP contribution in [-0.4, -0.2) is 5.11 Å². The van der Waals surface area contributed by atoms with Crippen molar-refractivity contribution >= 4 is 33.0 Å². The van der Waals surface area contributed by atoms with Gasteiger partial charge in [0.15, 0.2) is 11.6 Å². The SMILES string of the molecule is Oc1c(F)ccc2cc(Cl)sc12. The molecule has 1 aromatic carbocycles. The van der Waals surface area contributed by atoms with Gasteiger partial charge in [0.2, 0.25) is 0 Å². The van der Waals surface area contributed by atoms with Gasteiger partial charge in [-0.05, 0) is 17.5 Å². The highest BCUT2D eigenvalue weighted by Crippen LogP contribution is 2.36. The topological polar surface area (TPSA) is 20.2 Å². The highest BCUT2D eigenvalue weighted by molar-refractivity contribution is 7.23. The third-order valence-electron chi connectivity index (χ3n) is 1.58. The van der Waals surface area contributed by atoms with E-state index >= 15 is 0 Å². The molecule has 2 aromatic rings. The fourth-order valence-electron chi connectivity index (χ4n) is 1.03. The third-order valence-corrected chi connectivity index (χ3v) is 2.87. The minimum atomic E-state index is -0.610. The van der Waals surface area contributed by atoms with Gasteiger partial charge < -0.3 is 5.11 Å². The number of aromatic hydroxyl groups is 1. The first kappa shape index (κ1) is 7.83. The smallest absolute Gasteiger partial charge is 0.169 e. The van der Waals surface area contributed by atoms with Crippen molar-refractivity contribution in [2.45, 2.75) is 0 Å². The number of thiophene rings is 1. The summed E-state index contributed by atoms with van der Waals surface area (Å²) in [7, 11) is 0. The quantitative estimate of drug-likeness (QED) is 0.694. The summed E-state index contributed by atoms with van der Waals surface area (Å²) in [6, 6.07) is 4.51. The van der Waals surface area contributed by atoms with Gasteiger partial charge >= 0.3 is 0 Å². The summed E-state index contributed by atoms with van der Waals surface area (Å²) in [6.45, 7) is 0. The lowest BCUT2D eigenvalue weighted by atomic mass is 10.2. The fourth-order valence-corrected chi connectivity index (χ4v) is 2.20. The summed E-state index contributed by atoms with van der Waals surface area (Å²) in [5.41, 5.74) is 0. The van der Waals surface area contributed by atoms with Crippen LogP contribution in [0.3, 0.4) is 0 Å². The normalized spacial score (nSPS) is 10.8. The minimum absolute atomic E-state index is 0.315. The largest absolute Gasteiger partial charge is 0.504 e. The standard InChI is InChI=1S/C8H4ClFOS/c9-6-3-4-1-2-5(10)7(11)8(4)12-6/h1-3,11H. The first-order valence-corrected chi connectivity index (χ1v) is 4.44. The Morgan fingerprint density at radius 3 is 2.92 bits per heavy atom. The van der Waals surface area contributed by atoms with Crippen molar-refractivity contribution < 1.29 is 9.50 Å². The molecular formula is C8H4ClFOS. The van der Waals surface area contributed by atoms with E-state index in [-0.39, 0.29) is 5.75 Å². The predicted octanol–water partition coefficient (Wildman–Crippen LogP) is 3.40. The van der Waals surface area contributed by atoms with Crippen molar-refractivity contribution in [2.75, 3.05) is 0 Å². The molecule has 0 fully saturated rings. The molecular weight excluding hydrogens is 199 g/mol. The molecule has 1 nitrogen and oxygen atoms in total. The van der Waals surface area contributed by atoms with E-state index in [0.29, 0.717) is 9.04 Å². The van der Waals surface area contributed by atoms with Gasteiger partial charge in [-0.3, -0.25) is 0 Å². The number of hydrogen-bond donors (Lipinski definition) is 1. The van der Waals surface area contributed by atoms with Gasteiger partial charge in [-0.2, -0.15) is 0 Å². The second kappa shape index (κ2) is 2.61. The molecule has 0 unspecified atom stereocenters. The molecule has 62 valence electrons. The summed E-state index contributed by atoms with van der Waals surface area (Å²) in [5, 5.41) is 10.0. The lowest BCUT2D eigenvalue weighted by molar-refractivity contribution is 0.439. The summed E-state index contributed by atoms with van der Waals surface area (Å²) in [6.07, 6.45) is 0. The van der Waals surface area contributed by atoms with E-state index in [1.165, 1.54) is 17.4 Å². The molecule has 0 spiro atoms. The molecule has 0 aliphatic carbocycles. The highest BCUT2D eigenvalue weighted by Gasteiger charge is 2.08. The minimum Gasteiger partial charge on any atom is -0.504 e. The number of phenols is 1. The van der Waals surface area contributed by atoms with E-state index in [1.807, 2.05) is 0 Å². The van der Waals surface area contributed by atoms with E-state index < -0.39 is 5.82 Å². The molecule has 1 aromatic heterocycles. The molecule has 1 N–H and O–H groups in total. The van der Waals surface area contributed by atoms with E-state index in [2.05, 4.69) is 0 Å². The summed E-state index contributed by atoms with van der Waals surface area (Å²) >= 11 is 6.86. The average Bonchev–Trinajstić information content (AvgIpc) is 2.39. The van der Waals surface area contributed by atoms with E-state index in [0.717, 1.165) is 5.39 Å². The Morgan fingerprint density at radius 2 is 2.17 bits per heavy atom. The zero-order valence-corrected chi connectivity index (χ0v) is 7.42. The average molecular weight is 203 g/mol. The zero-order chi connectivity index (χ0) is 8.72. The van der Waals surface area contributed by atoms with Crippen LogP contribution >= 0.6 is 22.9 Å². The monoisotopic (exact) mass is 202 g/mol. The van der Waals surface area contributed by atoms with Gasteiger partial charge in [0.25, 0.3) is 0 Å². The number of phenolic OH excluding ortho intramolecular Hbond substituents is 1. The molecule has 12 heavy (non-hydrogen) atoms. The number of rotatable bonds is 0. The summed E-state index contributed by atoms with van der Waals surface area (Å²) in [4.78, 5) is 0. The molecule has 4 heteroatoms. The molecule has 1 heterocycles. The first-order chi connectivity index (χ1) is 5.68. The van der Waals surface area contributed by atoms with Crippen molar-refractivity contribution in [3.05, 3.63) is 28.4 Å². The number of halogens is 2. The summed E-state index contributed by atoms with van der Waals surface area (Å²) < 4.78 is 13.8. The van der Waals surface area contributed by atoms with Gasteiger partial charge in [-0.15, -0.1) is 11.3 Å². The molecule has 0 amide bonds. The van der Waals surface area contributed by atoms with Crippen LogP contribution in [0.25, 0.3) is 10.1 Å². The highest BCUT2D eigenvalue weighted by atomic mass is 35.5. The molecule has 0 bridgehead atoms. The van der Waals surface area contributed by atoms with Crippen LogP contribution < -0.4 is 0 Å². The van der Waals surface area contributed by atoms with Gasteiger partial charge in [-0.25, -0.2) is 4.39 Å². The van der Waals surface area contributed by atoms with Crippen LogP contribution in [0, 0.1) is 5.82 Å². The molecule has 0 radical (unpaired) electrons. The molecule has 2 rings (SSSR count). The van der Waals surface area contributed by atoms with E-state index in [9.17, 15) is 9.50 Å². The maximum Gasteiger partial charge on any atom is 0.169 e. The van der Waals surface area contributed by atoms with Crippen LogP contribution in [-0.2, 0) is 0 Å². The lowest BCUT2D eigenvalue weighted by Crippen LogP contribution is -1.73. The Labute approximate surface area is 77.0 Å². The Kier molecular flexibility index (Phi) is 1.70. The van der Waals surface area contributed by atoms with Crippen molar-refractivity contribution in [1.29, 1.82) is 0 Å². The second-order valence-corrected chi connectivity index (χ2v) is 4.05. The third kappa shape index (κ3) is 1.06. The van der Waals surface area contributed by atoms with E-state index in [4.69, 9.17) is 11.6 Å². The maximum atomic E-state index is 12.8. The van der Waals surface area contributed by atoms with Crippen molar-refractivity contribution in [3.63, 3.8) is 0 Å². The van der Waals surface area contributed by atoms with Gasteiger partial charge in [0.1, 0.15) is 0 Å². The van der Waals surface area contributed by atoms with Crippen LogP contribution in [0.4, 0.5) is 4.39 Å². The molecule has 0 saturated carbocycles. The van der Waals surface area contributed by atoms with Crippen molar-refractivity contribution in [2.24, 2.45) is 0 Å². The van der Waals surface area contributed by atoms with Crippen LogP contribution in [0.2, 0.25) is 4.34 Å². The molecule has 0 aliphatic heterocycles. The predicted molar refractivity (Wildman–Crippen MR) is 48.5 cm³/mol. The van der Waals surface area contributed by atoms with Crippen LogP contribution in [0.15, 0.2) is 18.2 Å². The fraction of sp³-hybridized carbons (Fsp3) is 0. The van der Waals surface area contributed by atoms with Crippen LogP contribution in [0.5, 0.6) is 5.75 Å². The molecule has 0 atom stereocenters. The van der Waals surface area contributed by atoms with Crippen molar-refractivity contribution in [1.82, 2.24) is 0 Å². The maximum absolute atomic E-state index is 12.8. The Bertz CT molecular complexity index is 438. The van der Waals surface area contributed by atoms with Crippen molar-refractivity contribution in [3.8, 4) is 5.75 Å². The van der Waals surface area contributed by atoms with Gasteiger partial charge in [-0.1, -0.05) is 17.7 Å². The Balaban J connectivity index is 2.89. The zero-order valence-electron chi connectivity index (χ0n) is 5.84. The summed E-state index contributed by atoms with van der Waals surface area (Å²) in [5.74, 6) is -0.926.